The minimum absolute atomic E-state index is 0.0841. The van der Waals surface area contributed by atoms with Crippen molar-refractivity contribution < 1.29 is 14.3 Å². The van der Waals surface area contributed by atoms with Crippen molar-refractivity contribution >= 4 is 16.8 Å². The summed E-state index contributed by atoms with van der Waals surface area (Å²) in [6.07, 6.45) is 1.39. The van der Waals surface area contributed by atoms with Crippen molar-refractivity contribution in [3.8, 4) is 11.5 Å². The van der Waals surface area contributed by atoms with Gasteiger partial charge in [0, 0.05) is 0 Å². The van der Waals surface area contributed by atoms with E-state index in [1.165, 1.54) is 10.9 Å². The minimum atomic E-state index is -0.275. The Morgan fingerprint density at radius 1 is 1.12 bits per heavy atom. The summed E-state index contributed by atoms with van der Waals surface area (Å²) in [7, 11) is 1.60. The van der Waals surface area contributed by atoms with Gasteiger partial charge in [0.1, 0.15) is 24.7 Å². The first-order valence-electron chi connectivity index (χ1n) is 8.15. The molecule has 134 valence electrons. The molecule has 0 saturated carbocycles. The van der Waals surface area contributed by atoms with Gasteiger partial charge in [-0.2, -0.15) is 0 Å². The predicted molar refractivity (Wildman–Crippen MR) is 97.5 cm³/mol. The lowest BCUT2D eigenvalue weighted by Gasteiger charge is -2.09. The lowest BCUT2D eigenvalue weighted by Crippen LogP contribution is -2.34. The molecule has 0 aliphatic heterocycles. The molecule has 0 atom stereocenters. The number of nitrogens with zero attached hydrogens (tertiary/aromatic N) is 2. The summed E-state index contributed by atoms with van der Waals surface area (Å²) in [6, 6.07) is 14.2. The van der Waals surface area contributed by atoms with Crippen molar-refractivity contribution in [3.63, 3.8) is 0 Å². The third-order valence-electron chi connectivity index (χ3n) is 3.80. The topological polar surface area (TPSA) is 82.4 Å². The minimum Gasteiger partial charge on any atom is -0.497 e. The Hall–Kier alpha value is -3.35. The first kappa shape index (κ1) is 17.5. The fourth-order valence-electron chi connectivity index (χ4n) is 2.46. The van der Waals surface area contributed by atoms with Gasteiger partial charge in [-0.1, -0.05) is 12.1 Å². The van der Waals surface area contributed by atoms with Crippen LogP contribution in [0.4, 0.5) is 0 Å². The summed E-state index contributed by atoms with van der Waals surface area (Å²) < 4.78 is 11.9. The molecule has 0 fully saturated rings. The molecule has 0 spiro atoms. The molecule has 1 N–H and O–H groups in total. The van der Waals surface area contributed by atoms with Crippen LogP contribution in [0, 0.1) is 0 Å². The smallest absolute Gasteiger partial charge is 0.261 e. The van der Waals surface area contributed by atoms with Crippen LogP contribution in [0.25, 0.3) is 10.9 Å². The monoisotopic (exact) mass is 353 g/mol. The molecule has 1 heterocycles. The van der Waals surface area contributed by atoms with Crippen LogP contribution >= 0.6 is 0 Å². The molecule has 3 rings (SSSR count). The third-order valence-corrected chi connectivity index (χ3v) is 3.80. The number of methoxy groups -OCH3 is 1. The molecular formula is C19H19N3O4. The van der Waals surface area contributed by atoms with E-state index in [0.29, 0.717) is 29.8 Å². The van der Waals surface area contributed by atoms with Gasteiger partial charge in [0.15, 0.2) is 0 Å². The van der Waals surface area contributed by atoms with Crippen molar-refractivity contribution in [1.82, 2.24) is 14.9 Å². The molecular weight excluding hydrogens is 334 g/mol. The second-order valence-electron chi connectivity index (χ2n) is 5.57. The highest BCUT2D eigenvalue weighted by molar-refractivity contribution is 5.78. The van der Waals surface area contributed by atoms with Crippen LogP contribution < -0.4 is 20.3 Å². The third kappa shape index (κ3) is 4.18. The Balaban J connectivity index is 1.50. The zero-order valence-electron chi connectivity index (χ0n) is 14.3. The fraction of sp³-hybridized carbons (Fsp3) is 0.211. The number of hydrogen-bond acceptors (Lipinski definition) is 5. The molecule has 3 aromatic rings. The quantitative estimate of drug-likeness (QED) is 0.653. The van der Waals surface area contributed by atoms with Crippen molar-refractivity contribution in [2.75, 3.05) is 20.3 Å². The normalized spacial score (nSPS) is 10.5. The van der Waals surface area contributed by atoms with E-state index in [2.05, 4.69) is 10.3 Å². The maximum absolute atomic E-state index is 12.3. The number of amides is 1. The number of carbonyl (C=O) groups is 1. The highest BCUT2D eigenvalue weighted by Crippen LogP contribution is 2.16. The van der Waals surface area contributed by atoms with Crippen LogP contribution in [0.5, 0.6) is 11.5 Å². The van der Waals surface area contributed by atoms with Gasteiger partial charge >= 0.3 is 0 Å². The molecule has 7 nitrogen and oxygen atoms in total. The Morgan fingerprint density at radius 3 is 2.62 bits per heavy atom. The van der Waals surface area contributed by atoms with Gasteiger partial charge in [0.05, 0.1) is 30.9 Å². The van der Waals surface area contributed by atoms with E-state index in [1.807, 2.05) is 6.07 Å². The van der Waals surface area contributed by atoms with Crippen molar-refractivity contribution in [2.24, 2.45) is 0 Å². The number of rotatable bonds is 7. The van der Waals surface area contributed by atoms with E-state index in [1.54, 1.807) is 49.6 Å². The second kappa shape index (κ2) is 8.15. The van der Waals surface area contributed by atoms with Crippen LogP contribution in [0.15, 0.2) is 59.7 Å². The molecule has 0 unspecified atom stereocenters. The number of ether oxygens (including phenoxy) is 2. The summed E-state index contributed by atoms with van der Waals surface area (Å²) in [5.74, 6) is 1.16. The number of fused-ring (bicyclic) bond motifs is 1. The highest BCUT2D eigenvalue weighted by Gasteiger charge is 2.07. The summed E-state index contributed by atoms with van der Waals surface area (Å²) in [4.78, 5) is 28.6. The Bertz CT molecular complexity index is 951. The largest absolute Gasteiger partial charge is 0.497 e. The average molecular weight is 353 g/mol. The molecule has 2 aromatic carbocycles. The van der Waals surface area contributed by atoms with Crippen LogP contribution in [0.3, 0.4) is 0 Å². The van der Waals surface area contributed by atoms with Gasteiger partial charge in [0.2, 0.25) is 5.91 Å². The summed E-state index contributed by atoms with van der Waals surface area (Å²) >= 11 is 0. The fourth-order valence-corrected chi connectivity index (χ4v) is 2.46. The molecule has 0 bridgehead atoms. The number of hydrogen-bond donors (Lipinski definition) is 1. The Labute approximate surface area is 150 Å². The van der Waals surface area contributed by atoms with Crippen molar-refractivity contribution in [2.45, 2.75) is 6.54 Å². The van der Waals surface area contributed by atoms with E-state index >= 15 is 0 Å². The zero-order chi connectivity index (χ0) is 18.4. The van der Waals surface area contributed by atoms with Gasteiger partial charge in [-0.15, -0.1) is 0 Å². The van der Waals surface area contributed by atoms with Gasteiger partial charge < -0.3 is 14.8 Å². The summed E-state index contributed by atoms with van der Waals surface area (Å²) in [6.45, 7) is 0.572. The Kier molecular flexibility index (Phi) is 5.48. The Morgan fingerprint density at radius 2 is 1.85 bits per heavy atom. The van der Waals surface area contributed by atoms with E-state index in [0.717, 1.165) is 5.75 Å². The van der Waals surface area contributed by atoms with E-state index in [-0.39, 0.29) is 18.0 Å². The molecule has 1 amide bonds. The summed E-state index contributed by atoms with van der Waals surface area (Å²) in [5.41, 5.74) is 0.377. The lowest BCUT2D eigenvalue weighted by atomic mass is 10.2. The number of carbonyl (C=O) groups excluding carboxylic acids is 1. The van der Waals surface area contributed by atoms with Crippen LogP contribution in [-0.4, -0.2) is 35.7 Å². The van der Waals surface area contributed by atoms with Crippen LogP contribution in [-0.2, 0) is 11.3 Å². The van der Waals surface area contributed by atoms with Gasteiger partial charge in [-0.05, 0) is 36.4 Å². The molecule has 0 saturated heterocycles. The van der Waals surface area contributed by atoms with Gasteiger partial charge in [-0.3, -0.25) is 14.2 Å². The first-order valence-corrected chi connectivity index (χ1v) is 8.15. The highest BCUT2D eigenvalue weighted by atomic mass is 16.5. The van der Waals surface area contributed by atoms with E-state index < -0.39 is 0 Å². The SMILES string of the molecule is COc1ccc(OCCNC(=O)Cn2cnc3ccccc3c2=O)cc1. The second-order valence-corrected chi connectivity index (χ2v) is 5.57. The molecule has 7 heteroatoms. The maximum Gasteiger partial charge on any atom is 0.261 e. The number of benzene rings is 2. The van der Waals surface area contributed by atoms with Crippen LogP contribution in [0.1, 0.15) is 0 Å². The molecule has 1 aromatic heterocycles. The van der Waals surface area contributed by atoms with Crippen molar-refractivity contribution in [1.29, 1.82) is 0 Å². The van der Waals surface area contributed by atoms with Gasteiger partial charge in [-0.25, -0.2) is 4.98 Å². The molecule has 26 heavy (non-hydrogen) atoms. The molecule has 0 radical (unpaired) electrons. The first-order chi connectivity index (χ1) is 12.7. The predicted octanol–water partition coefficient (Wildman–Crippen LogP) is 1.60. The standard InChI is InChI=1S/C19H19N3O4/c1-25-14-6-8-15(9-7-14)26-11-10-20-18(23)12-22-13-21-17-5-3-2-4-16(17)19(22)24/h2-9,13H,10-12H2,1H3,(H,20,23). The lowest BCUT2D eigenvalue weighted by molar-refractivity contribution is -0.121. The number of aromatic nitrogens is 2. The van der Waals surface area contributed by atoms with Crippen LogP contribution in [0.2, 0.25) is 0 Å². The zero-order valence-corrected chi connectivity index (χ0v) is 14.3. The van der Waals surface area contributed by atoms with Crippen molar-refractivity contribution in [3.05, 3.63) is 65.2 Å². The number of nitrogens with one attached hydrogen (secondary N) is 1. The molecule has 0 aliphatic rings. The molecule has 0 aliphatic carbocycles. The van der Waals surface area contributed by atoms with E-state index in [4.69, 9.17) is 9.47 Å². The summed E-state index contributed by atoms with van der Waals surface area (Å²) in [5, 5.41) is 3.21. The number of para-hydroxylation sites is 1. The average Bonchev–Trinajstić information content (AvgIpc) is 2.68. The maximum atomic E-state index is 12.3. The van der Waals surface area contributed by atoms with E-state index in [9.17, 15) is 9.59 Å². The van der Waals surface area contributed by atoms with Gasteiger partial charge in [0.25, 0.3) is 5.56 Å².